The molecule has 5 heteroatoms. The van der Waals surface area contributed by atoms with Crippen molar-refractivity contribution in [1.82, 2.24) is 5.32 Å². The summed E-state index contributed by atoms with van der Waals surface area (Å²) in [4.78, 5) is 0. The first kappa shape index (κ1) is 14.8. The molecule has 0 saturated carbocycles. The molecule has 18 heavy (non-hydrogen) atoms. The molecule has 0 aliphatic heterocycles. The first-order chi connectivity index (χ1) is 8.37. The predicted molar refractivity (Wildman–Crippen MR) is 64.8 cm³/mol. The van der Waals surface area contributed by atoms with Crippen molar-refractivity contribution in [1.29, 1.82) is 0 Å². The maximum Gasteiger partial charge on any atom is 0.389 e. The van der Waals surface area contributed by atoms with E-state index in [1.54, 1.807) is 26.3 Å². The van der Waals surface area contributed by atoms with E-state index in [-0.39, 0.29) is 12.5 Å². The summed E-state index contributed by atoms with van der Waals surface area (Å²) in [7, 11) is 3.24. The summed E-state index contributed by atoms with van der Waals surface area (Å²) in [5.41, 5.74) is 1.77. The molecule has 0 bridgehead atoms. The molecule has 1 rings (SSSR count). The van der Waals surface area contributed by atoms with E-state index in [1.807, 2.05) is 13.0 Å². The van der Waals surface area contributed by atoms with Crippen LogP contribution in [0.4, 0.5) is 13.2 Å². The molecule has 0 aliphatic rings. The summed E-state index contributed by atoms with van der Waals surface area (Å²) >= 11 is 0. The lowest BCUT2D eigenvalue weighted by molar-refractivity contribution is -0.136. The van der Waals surface area contributed by atoms with Crippen molar-refractivity contribution in [3.8, 4) is 5.75 Å². The highest BCUT2D eigenvalue weighted by molar-refractivity contribution is 5.37. The normalized spacial score (nSPS) is 13.4. The molecular weight excluding hydrogens is 243 g/mol. The van der Waals surface area contributed by atoms with E-state index in [9.17, 15) is 13.2 Å². The van der Waals surface area contributed by atoms with E-state index in [0.717, 1.165) is 16.9 Å². The van der Waals surface area contributed by atoms with Crippen LogP contribution in [0.2, 0.25) is 0 Å². The number of alkyl halides is 3. The highest BCUT2D eigenvalue weighted by atomic mass is 19.4. The fourth-order valence-electron chi connectivity index (χ4n) is 1.90. The van der Waals surface area contributed by atoms with E-state index in [1.165, 1.54) is 0 Å². The lowest BCUT2D eigenvalue weighted by Crippen LogP contribution is -2.19. The average Bonchev–Trinajstić information content (AvgIpc) is 2.28. The van der Waals surface area contributed by atoms with Gasteiger partial charge in [0.05, 0.1) is 7.11 Å². The minimum atomic E-state index is -4.11. The zero-order valence-corrected chi connectivity index (χ0v) is 10.8. The molecule has 0 amide bonds. The molecule has 102 valence electrons. The van der Waals surface area contributed by atoms with Gasteiger partial charge in [0, 0.05) is 12.5 Å². The molecule has 1 aromatic carbocycles. The third-order valence-electron chi connectivity index (χ3n) is 2.89. The van der Waals surface area contributed by atoms with Crippen LogP contribution in [-0.2, 0) is 0 Å². The summed E-state index contributed by atoms with van der Waals surface area (Å²) in [6.07, 6.45) is -4.87. The summed E-state index contributed by atoms with van der Waals surface area (Å²) < 4.78 is 41.8. The molecule has 0 spiro atoms. The molecule has 1 aromatic rings. The first-order valence-electron chi connectivity index (χ1n) is 5.76. The Kier molecular flexibility index (Phi) is 5.02. The molecule has 0 heterocycles. The largest absolute Gasteiger partial charge is 0.496 e. The molecule has 0 saturated heterocycles. The Morgan fingerprint density at radius 2 is 2.00 bits per heavy atom. The van der Waals surface area contributed by atoms with Gasteiger partial charge in [-0.15, -0.1) is 0 Å². The first-order valence-corrected chi connectivity index (χ1v) is 5.76. The lowest BCUT2D eigenvalue weighted by Gasteiger charge is -2.19. The van der Waals surface area contributed by atoms with Crippen LogP contribution in [0, 0.1) is 6.92 Å². The number of nitrogens with one attached hydrogen (secondary N) is 1. The van der Waals surface area contributed by atoms with Crippen LogP contribution in [0.25, 0.3) is 0 Å². The Bertz CT molecular complexity index is 390. The average molecular weight is 261 g/mol. The summed E-state index contributed by atoms with van der Waals surface area (Å²) in [5.74, 6) is 0.740. The molecule has 0 radical (unpaired) electrons. The van der Waals surface area contributed by atoms with Crippen LogP contribution in [0.5, 0.6) is 5.75 Å². The maximum atomic E-state index is 12.2. The number of ether oxygens (including phenoxy) is 1. The highest BCUT2D eigenvalue weighted by Gasteiger charge is 2.28. The molecule has 1 N–H and O–H groups in total. The Labute approximate surface area is 105 Å². The van der Waals surface area contributed by atoms with E-state index in [4.69, 9.17) is 4.74 Å². The fourth-order valence-corrected chi connectivity index (χ4v) is 1.90. The number of halogens is 3. The standard InChI is InChI=1S/C13H18F3NO/c1-9-8-10(4-5-12(9)18-3)11(17-2)6-7-13(14,15)16/h4-5,8,11,17H,6-7H2,1-3H3. The van der Waals surface area contributed by atoms with Crippen molar-refractivity contribution >= 4 is 0 Å². The summed E-state index contributed by atoms with van der Waals surface area (Å²) in [6.45, 7) is 1.87. The van der Waals surface area contributed by atoms with Gasteiger partial charge >= 0.3 is 6.18 Å². The third kappa shape index (κ3) is 4.22. The van der Waals surface area contributed by atoms with Crippen LogP contribution < -0.4 is 10.1 Å². The Morgan fingerprint density at radius 1 is 1.33 bits per heavy atom. The molecule has 0 aromatic heterocycles. The second-order valence-electron chi connectivity index (χ2n) is 4.22. The van der Waals surface area contributed by atoms with Crippen molar-refractivity contribution in [2.24, 2.45) is 0 Å². The Hall–Kier alpha value is -1.23. The van der Waals surface area contributed by atoms with Crippen LogP contribution in [0.3, 0.4) is 0 Å². The molecule has 0 aliphatic carbocycles. The zero-order chi connectivity index (χ0) is 13.8. The second kappa shape index (κ2) is 6.09. The van der Waals surface area contributed by atoms with Gasteiger partial charge in [0.1, 0.15) is 5.75 Å². The van der Waals surface area contributed by atoms with Gasteiger partial charge in [-0.25, -0.2) is 0 Å². The fraction of sp³-hybridized carbons (Fsp3) is 0.538. The minimum Gasteiger partial charge on any atom is -0.496 e. The number of rotatable bonds is 5. The quantitative estimate of drug-likeness (QED) is 0.874. The van der Waals surface area contributed by atoms with Gasteiger partial charge in [-0.05, 0) is 37.6 Å². The number of benzene rings is 1. The van der Waals surface area contributed by atoms with Crippen LogP contribution in [0.15, 0.2) is 18.2 Å². The second-order valence-corrected chi connectivity index (χ2v) is 4.22. The van der Waals surface area contributed by atoms with E-state index >= 15 is 0 Å². The predicted octanol–water partition coefficient (Wildman–Crippen LogP) is 3.61. The summed E-state index contributed by atoms with van der Waals surface area (Å²) in [5, 5.41) is 2.91. The van der Waals surface area contributed by atoms with Crippen molar-refractivity contribution in [3.05, 3.63) is 29.3 Å². The molecule has 1 unspecified atom stereocenters. The van der Waals surface area contributed by atoms with Gasteiger partial charge in [-0.2, -0.15) is 13.2 Å². The van der Waals surface area contributed by atoms with Gasteiger partial charge < -0.3 is 10.1 Å². The van der Waals surface area contributed by atoms with Gasteiger partial charge in [0.2, 0.25) is 0 Å². The number of aryl methyl sites for hydroxylation is 1. The van der Waals surface area contributed by atoms with Crippen LogP contribution in [0.1, 0.15) is 30.0 Å². The van der Waals surface area contributed by atoms with Crippen molar-refractivity contribution in [2.45, 2.75) is 32.0 Å². The summed E-state index contributed by atoms with van der Waals surface area (Å²) in [6, 6.07) is 5.14. The number of hydrogen-bond donors (Lipinski definition) is 1. The van der Waals surface area contributed by atoms with Gasteiger partial charge in [-0.1, -0.05) is 12.1 Å². The third-order valence-corrected chi connectivity index (χ3v) is 2.89. The smallest absolute Gasteiger partial charge is 0.389 e. The zero-order valence-electron chi connectivity index (χ0n) is 10.8. The Balaban J connectivity index is 2.79. The van der Waals surface area contributed by atoms with Crippen molar-refractivity contribution in [3.63, 3.8) is 0 Å². The van der Waals surface area contributed by atoms with Gasteiger partial charge in [-0.3, -0.25) is 0 Å². The Morgan fingerprint density at radius 3 is 2.44 bits per heavy atom. The maximum absolute atomic E-state index is 12.2. The highest BCUT2D eigenvalue weighted by Crippen LogP contribution is 2.29. The molecule has 2 nitrogen and oxygen atoms in total. The topological polar surface area (TPSA) is 21.3 Å². The lowest BCUT2D eigenvalue weighted by atomic mass is 10.00. The van der Waals surface area contributed by atoms with Crippen LogP contribution in [-0.4, -0.2) is 20.3 Å². The van der Waals surface area contributed by atoms with Crippen molar-refractivity contribution in [2.75, 3.05) is 14.2 Å². The SMILES string of the molecule is CNC(CCC(F)(F)F)c1ccc(OC)c(C)c1. The monoisotopic (exact) mass is 261 g/mol. The number of hydrogen-bond acceptors (Lipinski definition) is 2. The van der Waals surface area contributed by atoms with Crippen molar-refractivity contribution < 1.29 is 17.9 Å². The minimum absolute atomic E-state index is 0.0335. The van der Waals surface area contributed by atoms with Gasteiger partial charge in [0.15, 0.2) is 0 Å². The van der Waals surface area contributed by atoms with E-state index in [0.29, 0.717) is 0 Å². The van der Waals surface area contributed by atoms with E-state index in [2.05, 4.69) is 5.32 Å². The molecular formula is C13H18F3NO. The molecule has 0 fully saturated rings. The van der Waals surface area contributed by atoms with E-state index < -0.39 is 12.6 Å². The van der Waals surface area contributed by atoms with Crippen LogP contribution >= 0.6 is 0 Å². The number of methoxy groups -OCH3 is 1. The molecule has 1 atom stereocenters. The van der Waals surface area contributed by atoms with Gasteiger partial charge in [0.25, 0.3) is 0 Å².